The van der Waals surface area contributed by atoms with E-state index in [2.05, 4.69) is 29.8 Å². The van der Waals surface area contributed by atoms with Crippen molar-refractivity contribution in [1.82, 2.24) is 29.8 Å². The molecule has 0 fully saturated rings. The summed E-state index contributed by atoms with van der Waals surface area (Å²) >= 11 is 5.91. The Bertz CT molecular complexity index is 905. The second-order valence-electron chi connectivity index (χ2n) is 5.86. The minimum absolute atomic E-state index is 0.437. The van der Waals surface area contributed by atoms with Crippen LogP contribution in [0.5, 0.6) is 0 Å². The van der Waals surface area contributed by atoms with Crippen molar-refractivity contribution >= 4 is 11.6 Å². The average molecular weight is 357 g/mol. The number of rotatable bonds is 3. The van der Waals surface area contributed by atoms with Gasteiger partial charge in [0.1, 0.15) is 6.33 Å². The van der Waals surface area contributed by atoms with Gasteiger partial charge in [0.25, 0.3) is 0 Å². The molecule has 0 unspecified atom stereocenters. The maximum Gasteiger partial charge on any atom is 0.217 e. The molecule has 0 aromatic carbocycles. The van der Waals surface area contributed by atoms with Crippen LogP contribution in [-0.2, 0) is 19.5 Å². The Morgan fingerprint density at radius 3 is 2.80 bits per heavy atom. The maximum absolute atomic E-state index is 13.8. The number of hydrogen-bond acceptors (Lipinski definition) is 6. The molecule has 0 atom stereocenters. The molecule has 0 aliphatic carbocycles. The predicted octanol–water partition coefficient (Wildman–Crippen LogP) is 2.68. The lowest BCUT2D eigenvalue weighted by molar-refractivity contribution is 0.239. The van der Waals surface area contributed by atoms with Crippen LogP contribution in [0.1, 0.15) is 16.8 Å². The van der Waals surface area contributed by atoms with Crippen molar-refractivity contribution in [1.29, 1.82) is 0 Å². The Balaban J connectivity index is 1.53. The normalized spacial score (nSPS) is 14.3. The standard InChI is InChI=1S/C17H14ClFN6/c18-14-3-11(16(19)22-7-14)8-25-2-1-15-13(9-25)6-23-17(24-15)12-4-20-10-21-5-12/h3-7,10H,1-2,8-9H2. The molecule has 126 valence electrons. The van der Waals surface area contributed by atoms with Gasteiger partial charge in [-0.25, -0.2) is 24.9 Å². The first-order valence-electron chi connectivity index (χ1n) is 7.81. The first-order valence-corrected chi connectivity index (χ1v) is 8.19. The van der Waals surface area contributed by atoms with Crippen molar-refractivity contribution in [3.05, 3.63) is 65.0 Å². The van der Waals surface area contributed by atoms with Crippen molar-refractivity contribution in [3.63, 3.8) is 0 Å². The summed E-state index contributed by atoms with van der Waals surface area (Å²) in [5, 5.41) is 0.437. The number of pyridine rings is 1. The van der Waals surface area contributed by atoms with E-state index >= 15 is 0 Å². The van der Waals surface area contributed by atoms with Crippen molar-refractivity contribution < 1.29 is 4.39 Å². The molecule has 0 amide bonds. The third-order valence-corrected chi connectivity index (χ3v) is 4.31. The number of fused-ring (bicyclic) bond motifs is 1. The summed E-state index contributed by atoms with van der Waals surface area (Å²) in [5.41, 5.74) is 3.34. The van der Waals surface area contributed by atoms with E-state index in [1.165, 1.54) is 12.5 Å². The maximum atomic E-state index is 13.8. The molecule has 4 heterocycles. The van der Waals surface area contributed by atoms with Crippen LogP contribution in [0.3, 0.4) is 0 Å². The molecule has 3 aromatic rings. The highest BCUT2D eigenvalue weighted by Crippen LogP contribution is 2.22. The molecule has 0 saturated carbocycles. The van der Waals surface area contributed by atoms with Crippen LogP contribution in [0.4, 0.5) is 4.39 Å². The van der Waals surface area contributed by atoms with E-state index in [0.29, 0.717) is 29.5 Å². The van der Waals surface area contributed by atoms with Crippen LogP contribution in [0.15, 0.2) is 37.2 Å². The molecule has 0 N–H and O–H groups in total. The Labute approximate surface area is 148 Å². The van der Waals surface area contributed by atoms with E-state index in [0.717, 1.165) is 29.8 Å². The number of nitrogens with zero attached hydrogens (tertiary/aromatic N) is 6. The van der Waals surface area contributed by atoms with Crippen molar-refractivity contribution in [2.45, 2.75) is 19.5 Å². The van der Waals surface area contributed by atoms with Crippen molar-refractivity contribution in [3.8, 4) is 11.4 Å². The Kier molecular flexibility index (Phi) is 4.33. The zero-order valence-corrected chi connectivity index (χ0v) is 14.0. The van der Waals surface area contributed by atoms with Gasteiger partial charge in [-0.1, -0.05) is 11.6 Å². The van der Waals surface area contributed by atoms with E-state index < -0.39 is 5.95 Å². The third kappa shape index (κ3) is 3.47. The highest BCUT2D eigenvalue weighted by molar-refractivity contribution is 6.30. The molecular weight excluding hydrogens is 343 g/mol. The smallest absolute Gasteiger partial charge is 0.217 e. The lowest BCUT2D eigenvalue weighted by Gasteiger charge is -2.28. The molecule has 3 aromatic heterocycles. The molecule has 4 rings (SSSR count). The minimum Gasteiger partial charge on any atom is -0.294 e. The van der Waals surface area contributed by atoms with Gasteiger partial charge in [-0.05, 0) is 6.07 Å². The van der Waals surface area contributed by atoms with Gasteiger partial charge < -0.3 is 0 Å². The van der Waals surface area contributed by atoms with E-state index in [1.54, 1.807) is 18.5 Å². The fourth-order valence-corrected chi connectivity index (χ4v) is 3.06. The van der Waals surface area contributed by atoms with Gasteiger partial charge in [-0.2, -0.15) is 4.39 Å². The van der Waals surface area contributed by atoms with Gasteiger partial charge in [0, 0.05) is 62.0 Å². The SMILES string of the molecule is Fc1ncc(Cl)cc1CN1CCc2nc(-c3cncnc3)ncc2C1. The molecule has 0 saturated heterocycles. The Morgan fingerprint density at radius 1 is 1.12 bits per heavy atom. The zero-order chi connectivity index (χ0) is 17.2. The molecule has 1 aliphatic heterocycles. The molecule has 25 heavy (non-hydrogen) atoms. The van der Waals surface area contributed by atoms with E-state index in [-0.39, 0.29) is 0 Å². The number of aromatic nitrogens is 5. The molecule has 1 aliphatic rings. The van der Waals surface area contributed by atoms with E-state index in [9.17, 15) is 4.39 Å². The lowest BCUT2D eigenvalue weighted by atomic mass is 10.1. The highest BCUT2D eigenvalue weighted by atomic mass is 35.5. The molecule has 8 heteroatoms. The summed E-state index contributed by atoms with van der Waals surface area (Å²) < 4.78 is 13.8. The second-order valence-corrected chi connectivity index (χ2v) is 6.29. The summed E-state index contributed by atoms with van der Waals surface area (Å²) in [6.45, 7) is 1.89. The molecule has 0 radical (unpaired) electrons. The molecule has 6 nitrogen and oxygen atoms in total. The quantitative estimate of drug-likeness (QED) is 0.672. The van der Waals surface area contributed by atoms with Gasteiger partial charge in [-0.15, -0.1) is 0 Å². The first kappa shape index (κ1) is 16.0. The predicted molar refractivity (Wildman–Crippen MR) is 90.1 cm³/mol. The minimum atomic E-state index is -0.481. The monoisotopic (exact) mass is 356 g/mol. The molecule has 0 bridgehead atoms. The van der Waals surface area contributed by atoms with Crippen LogP contribution >= 0.6 is 11.6 Å². The average Bonchev–Trinajstić information content (AvgIpc) is 2.65. The molecule has 0 spiro atoms. The zero-order valence-electron chi connectivity index (χ0n) is 13.2. The lowest BCUT2D eigenvalue weighted by Crippen LogP contribution is -2.31. The largest absolute Gasteiger partial charge is 0.294 e. The van der Waals surface area contributed by atoms with Gasteiger partial charge >= 0.3 is 0 Å². The van der Waals surface area contributed by atoms with Gasteiger partial charge in [0.05, 0.1) is 16.3 Å². The molecular formula is C17H14ClFN6. The van der Waals surface area contributed by atoms with Gasteiger partial charge in [0.15, 0.2) is 5.82 Å². The van der Waals surface area contributed by atoms with E-state index in [4.69, 9.17) is 11.6 Å². The summed E-state index contributed by atoms with van der Waals surface area (Å²) in [4.78, 5) is 22.8. The summed E-state index contributed by atoms with van der Waals surface area (Å²) in [5.74, 6) is 0.142. The third-order valence-electron chi connectivity index (χ3n) is 4.10. The fraction of sp³-hybridized carbons (Fsp3) is 0.235. The van der Waals surface area contributed by atoms with Crippen LogP contribution in [0.25, 0.3) is 11.4 Å². The van der Waals surface area contributed by atoms with Gasteiger partial charge in [0.2, 0.25) is 5.95 Å². The van der Waals surface area contributed by atoms with Crippen molar-refractivity contribution in [2.24, 2.45) is 0 Å². The summed E-state index contributed by atoms with van der Waals surface area (Å²) in [6.07, 6.45) is 8.77. The topological polar surface area (TPSA) is 67.7 Å². The highest BCUT2D eigenvalue weighted by Gasteiger charge is 2.20. The Hall–Kier alpha value is -2.51. The van der Waals surface area contributed by atoms with Crippen molar-refractivity contribution in [2.75, 3.05) is 6.54 Å². The van der Waals surface area contributed by atoms with Crippen LogP contribution in [-0.4, -0.2) is 36.4 Å². The van der Waals surface area contributed by atoms with Crippen LogP contribution in [0.2, 0.25) is 5.02 Å². The van der Waals surface area contributed by atoms with Gasteiger partial charge in [-0.3, -0.25) is 4.90 Å². The number of hydrogen-bond donors (Lipinski definition) is 0. The summed E-state index contributed by atoms with van der Waals surface area (Å²) in [7, 11) is 0. The number of halogens is 2. The first-order chi connectivity index (χ1) is 12.2. The Morgan fingerprint density at radius 2 is 1.96 bits per heavy atom. The van der Waals surface area contributed by atoms with E-state index in [1.807, 2.05) is 6.20 Å². The summed E-state index contributed by atoms with van der Waals surface area (Å²) in [6, 6.07) is 1.62. The second kappa shape index (κ2) is 6.78. The van der Waals surface area contributed by atoms with Crippen LogP contribution in [0, 0.1) is 5.95 Å². The van der Waals surface area contributed by atoms with Crippen LogP contribution < -0.4 is 0 Å². The fourth-order valence-electron chi connectivity index (χ4n) is 2.88.